The molecule has 1 saturated heterocycles. The normalized spacial score (nSPS) is 41.9. The Bertz CT molecular complexity index is 622. The van der Waals surface area contributed by atoms with E-state index in [1.165, 1.54) is 5.56 Å². The first-order chi connectivity index (χ1) is 11.3. The number of aryl methyl sites for hydroxylation is 1. The molecular weight excluding hydrogens is 300 g/mol. The highest BCUT2D eigenvalue weighted by atomic mass is 16.5. The summed E-state index contributed by atoms with van der Waals surface area (Å²) in [5.74, 6) is 1.04. The van der Waals surface area contributed by atoms with E-state index in [4.69, 9.17) is 21.2 Å². The van der Waals surface area contributed by atoms with Gasteiger partial charge in [-0.15, -0.1) is 0 Å². The van der Waals surface area contributed by atoms with Crippen molar-refractivity contribution in [3.05, 3.63) is 23.4 Å². The van der Waals surface area contributed by atoms with Gasteiger partial charge in [0.1, 0.15) is 5.82 Å². The molecule has 3 fully saturated rings. The largest absolute Gasteiger partial charge is 0.372 e. The number of nitrogens with two attached hydrogens (primary N) is 2. The van der Waals surface area contributed by atoms with Crippen LogP contribution in [0.5, 0.6) is 0 Å². The van der Waals surface area contributed by atoms with Crippen LogP contribution in [-0.2, 0) is 10.3 Å². The quantitative estimate of drug-likeness (QED) is 0.868. The third kappa shape index (κ3) is 2.63. The maximum absolute atomic E-state index is 6.71. The molecule has 2 saturated carbocycles. The lowest BCUT2D eigenvalue weighted by Gasteiger charge is -2.62. The summed E-state index contributed by atoms with van der Waals surface area (Å²) < 4.78 is 5.82. The SMILES string of the molecule is Cc1nc(N2C[C@H](C)O[C@@H](C)C2)ccc1C1(N)CC2(CC(N)C2)C1. The molecule has 3 aliphatic rings. The Morgan fingerprint density at radius 2 is 1.79 bits per heavy atom. The van der Waals surface area contributed by atoms with Crippen molar-refractivity contribution in [3.8, 4) is 0 Å². The Morgan fingerprint density at radius 3 is 2.33 bits per heavy atom. The second-order valence-corrected chi connectivity index (χ2v) is 8.64. The van der Waals surface area contributed by atoms with Crippen molar-refractivity contribution < 1.29 is 4.74 Å². The van der Waals surface area contributed by atoms with Crippen LogP contribution in [0.2, 0.25) is 0 Å². The van der Waals surface area contributed by atoms with Gasteiger partial charge in [0.25, 0.3) is 0 Å². The predicted octanol–water partition coefficient (Wildman–Crippen LogP) is 2.06. The van der Waals surface area contributed by atoms with Gasteiger partial charge in [-0.25, -0.2) is 4.98 Å². The van der Waals surface area contributed by atoms with Crippen molar-refractivity contribution in [1.82, 2.24) is 4.98 Å². The summed E-state index contributed by atoms with van der Waals surface area (Å²) in [5.41, 5.74) is 15.2. The van der Waals surface area contributed by atoms with Crippen molar-refractivity contribution in [1.29, 1.82) is 0 Å². The highest BCUT2D eigenvalue weighted by Gasteiger charge is 2.58. The fraction of sp³-hybridized carbons (Fsp3) is 0.737. The second kappa shape index (κ2) is 5.41. The monoisotopic (exact) mass is 330 g/mol. The van der Waals surface area contributed by atoms with E-state index < -0.39 is 0 Å². The zero-order valence-electron chi connectivity index (χ0n) is 15.1. The van der Waals surface area contributed by atoms with E-state index in [0.717, 1.165) is 50.3 Å². The van der Waals surface area contributed by atoms with Gasteiger partial charge in [0.15, 0.2) is 0 Å². The van der Waals surface area contributed by atoms with Gasteiger partial charge in [-0.3, -0.25) is 0 Å². The third-order valence-electron chi connectivity index (χ3n) is 6.12. The van der Waals surface area contributed by atoms with Gasteiger partial charge in [0.2, 0.25) is 0 Å². The Kier molecular flexibility index (Phi) is 3.68. The third-order valence-corrected chi connectivity index (χ3v) is 6.12. The Morgan fingerprint density at radius 1 is 1.17 bits per heavy atom. The minimum absolute atomic E-state index is 0.207. The van der Waals surface area contributed by atoms with Gasteiger partial charge < -0.3 is 21.1 Å². The van der Waals surface area contributed by atoms with Crippen LogP contribution in [0.15, 0.2) is 12.1 Å². The van der Waals surface area contributed by atoms with Gasteiger partial charge >= 0.3 is 0 Å². The maximum atomic E-state index is 6.71. The van der Waals surface area contributed by atoms with Crippen molar-refractivity contribution in [3.63, 3.8) is 0 Å². The van der Waals surface area contributed by atoms with E-state index in [2.05, 4.69) is 37.8 Å². The van der Waals surface area contributed by atoms with Crippen LogP contribution in [0, 0.1) is 12.3 Å². The van der Waals surface area contributed by atoms with Gasteiger partial charge in [-0.1, -0.05) is 6.07 Å². The molecule has 2 heterocycles. The molecule has 4 rings (SSSR count). The van der Waals surface area contributed by atoms with Crippen molar-refractivity contribution in [2.75, 3.05) is 18.0 Å². The molecule has 1 aliphatic heterocycles. The summed E-state index contributed by atoms with van der Waals surface area (Å²) in [5, 5.41) is 0. The molecule has 0 bridgehead atoms. The Balaban J connectivity index is 1.51. The molecule has 2 atom stereocenters. The Hall–Kier alpha value is -1.17. The lowest BCUT2D eigenvalue weighted by molar-refractivity contribution is -0.0594. The lowest BCUT2D eigenvalue weighted by atomic mass is 9.46. The summed E-state index contributed by atoms with van der Waals surface area (Å²) in [6, 6.07) is 4.73. The average molecular weight is 330 g/mol. The zero-order valence-corrected chi connectivity index (χ0v) is 15.1. The van der Waals surface area contributed by atoms with Crippen LogP contribution < -0.4 is 16.4 Å². The van der Waals surface area contributed by atoms with E-state index in [0.29, 0.717) is 11.5 Å². The van der Waals surface area contributed by atoms with Gasteiger partial charge in [0, 0.05) is 30.4 Å². The highest BCUT2D eigenvalue weighted by Crippen LogP contribution is 2.62. The zero-order chi connectivity index (χ0) is 17.1. The molecule has 5 heteroatoms. The number of anilines is 1. The van der Waals surface area contributed by atoms with Crippen LogP contribution in [-0.4, -0.2) is 36.3 Å². The van der Waals surface area contributed by atoms with E-state index in [1.54, 1.807) is 0 Å². The van der Waals surface area contributed by atoms with Crippen LogP contribution in [0.4, 0.5) is 5.82 Å². The first-order valence-electron chi connectivity index (χ1n) is 9.22. The summed E-state index contributed by atoms with van der Waals surface area (Å²) >= 11 is 0. The van der Waals surface area contributed by atoms with Gasteiger partial charge in [-0.05, 0) is 63.5 Å². The van der Waals surface area contributed by atoms with Crippen molar-refractivity contribution in [2.45, 2.75) is 70.2 Å². The number of ether oxygens (including phenoxy) is 1. The van der Waals surface area contributed by atoms with E-state index >= 15 is 0 Å². The fourth-order valence-corrected chi connectivity index (χ4v) is 5.43. The molecule has 0 unspecified atom stereocenters. The summed E-state index contributed by atoms with van der Waals surface area (Å²) in [4.78, 5) is 7.21. The number of morpholine rings is 1. The first kappa shape index (κ1) is 16.3. The van der Waals surface area contributed by atoms with Crippen LogP contribution >= 0.6 is 0 Å². The standard InChI is InChI=1S/C19H30N4O/c1-12-8-23(9-13(2)24-12)17-5-4-16(14(3)22-17)19(21)10-18(11-19)6-15(20)7-18/h4-5,12-13,15H,6-11,20-21H2,1-3H3/t12-,13-,15?,18?,19?/m0/s1. The Labute approximate surface area is 144 Å². The van der Waals surface area contributed by atoms with Crippen LogP contribution in [0.25, 0.3) is 0 Å². The molecule has 132 valence electrons. The van der Waals surface area contributed by atoms with E-state index in [-0.39, 0.29) is 17.7 Å². The number of pyridine rings is 1. The van der Waals surface area contributed by atoms with E-state index in [1.807, 2.05) is 0 Å². The molecule has 1 aromatic heterocycles. The number of nitrogens with zero attached hydrogens (tertiary/aromatic N) is 2. The highest BCUT2D eigenvalue weighted by molar-refractivity contribution is 5.45. The molecule has 0 radical (unpaired) electrons. The number of rotatable bonds is 2. The lowest BCUT2D eigenvalue weighted by Crippen LogP contribution is -2.63. The molecule has 24 heavy (non-hydrogen) atoms. The van der Waals surface area contributed by atoms with Crippen molar-refractivity contribution in [2.24, 2.45) is 16.9 Å². The molecule has 1 spiro atoms. The molecule has 1 aromatic rings. The molecule has 0 aromatic carbocycles. The van der Waals surface area contributed by atoms with Crippen LogP contribution in [0.3, 0.4) is 0 Å². The predicted molar refractivity (Wildman–Crippen MR) is 95.9 cm³/mol. The smallest absolute Gasteiger partial charge is 0.128 e. The average Bonchev–Trinajstić information content (AvgIpc) is 2.42. The minimum Gasteiger partial charge on any atom is -0.372 e. The molecule has 4 N–H and O–H groups in total. The topological polar surface area (TPSA) is 77.4 Å². The van der Waals surface area contributed by atoms with Gasteiger partial charge in [0.05, 0.1) is 12.2 Å². The second-order valence-electron chi connectivity index (χ2n) is 8.64. The van der Waals surface area contributed by atoms with E-state index in [9.17, 15) is 0 Å². The number of aromatic nitrogens is 1. The molecular formula is C19H30N4O. The maximum Gasteiger partial charge on any atom is 0.128 e. The first-order valence-corrected chi connectivity index (χ1v) is 9.22. The number of hydrogen-bond acceptors (Lipinski definition) is 5. The summed E-state index contributed by atoms with van der Waals surface area (Å²) in [7, 11) is 0. The molecule has 0 amide bonds. The number of hydrogen-bond donors (Lipinski definition) is 2. The minimum atomic E-state index is -0.207. The van der Waals surface area contributed by atoms with Gasteiger partial charge in [-0.2, -0.15) is 0 Å². The summed E-state index contributed by atoms with van der Waals surface area (Å²) in [6.45, 7) is 8.12. The molecule has 5 nitrogen and oxygen atoms in total. The van der Waals surface area contributed by atoms with Crippen LogP contribution in [0.1, 0.15) is 50.8 Å². The molecule has 2 aliphatic carbocycles. The summed E-state index contributed by atoms with van der Waals surface area (Å²) in [6.07, 6.45) is 4.87. The fourth-order valence-electron chi connectivity index (χ4n) is 5.43. The van der Waals surface area contributed by atoms with Crippen molar-refractivity contribution >= 4 is 5.82 Å².